The Morgan fingerprint density at radius 1 is 0.509 bits per heavy atom. The van der Waals surface area contributed by atoms with Crippen molar-refractivity contribution in [1.82, 2.24) is 76.8 Å². The van der Waals surface area contributed by atoms with Gasteiger partial charge in [-0.1, -0.05) is 57.9 Å². The molecule has 1 rings (SSSR count). The zero-order valence-electron chi connectivity index (χ0n) is 33.0. The van der Waals surface area contributed by atoms with Gasteiger partial charge in [0, 0.05) is 53.7 Å². The van der Waals surface area contributed by atoms with E-state index < -0.39 is 0 Å². The van der Waals surface area contributed by atoms with Crippen LogP contribution in [0.4, 0.5) is 0 Å². The molecule has 0 aromatic rings. The quantitative estimate of drug-likeness (QED) is 0.0501. The van der Waals surface area contributed by atoms with E-state index in [-0.39, 0.29) is 44.6 Å². The van der Waals surface area contributed by atoms with Crippen LogP contribution in [0.3, 0.4) is 0 Å². The summed E-state index contributed by atoms with van der Waals surface area (Å²) < 4.78 is 10.3. The fraction of sp³-hybridized carbons (Fsp3) is 1.00. The first-order valence-corrected chi connectivity index (χ1v) is 16.8. The van der Waals surface area contributed by atoms with Crippen molar-refractivity contribution in [3.05, 3.63) is 0 Å². The third kappa shape index (κ3) is 63.6. The third-order valence-corrected chi connectivity index (χ3v) is 6.01. The number of hydrogen-bond acceptors (Lipinski definition) is 17. The van der Waals surface area contributed by atoms with Gasteiger partial charge >= 0.3 is 0 Å². The molecule has 0 spiro atoms. The highest BCUT2D eigenvalue weighted by atomic mass is 16.5. The second kappa shape index (κ2) is 58.0. The lowest BCUT2D eigenvalue weighted by Crippen LogP contribution is -2.50. The van der Waals surface area contributed by atoms with Crippen LogP contribution in [0.25, 0.3) is 0 Å². The molecule has 0 aromatic carbocycles. The van der Waals surface area contributed by atoms with E-state index >= 15 is 0 Å². The first kappa shape index (κ1) is 73.4. The lowest BCUT2D eigenvalue weighted by Gasteiger charge is -2.36. The Kier molecular flexibility index (Phi) is 80.4. The van der Waals surface area contributed by atoms with Gasteiger partial charge in [0.1, 0.15) is 0 Å². The molecular weight excluding hydrogens is 674 g/mol. The molecule has 17 nitrogen and oxygen atoms in total. The molecule has 1 saturated heterocycles. The summed E-state index contributed by atoms with van der Waals surface area (Å²) in [4.78, 5) is 15.5. The molecule has 0 bridgehead atoms. The molecule has 8 N–H and O–H groups in total. The average molecular weight is 780 g/mol. The Morgan fingerprint density at radius 2 is 0.868 bits per heavy atom. The predicted molar refractivity (Wildman–Crippen MR) is 240 cm³/mol. The van der Waals surface area contributed by atoms with Crippen LogP contribution in [-0.2, 0) is 9.47 Å². The van der Waals surface area contributed by atoms with Crippen LogP contribution >= 0.6 is 0 Å². The number of rotatable bonds is 25. The van der Waals surface area contributed by atoms with Crippen molar-refractivity contribution >= 4 is 0 Å². The van der Waals surface area contributed by atoms with Crippen LogP contribution in [0.5, 0.6) is 0 Å². The van der Waals surface area contributed by atoms with Crippen molar-refractivity contribution in [2.45, 2.75) is 64.3 Å². The molecule has 1 fully saturated rings. The Bertz CT molecular complexity index is 568. The van der Waals surface area contributed by atoms with Crippen LogP contribution in [0.15, 0.2) is 0 Å². The van der Waals surface area contributed by atoms with Crippen molar-refractivity contribution in [3.8, 4) is 0 Å². The second-order valence-electron chi connectivity index (χ2n) is 12.1. The van der Waals surface area contributed by atoms with Crippen molar-refractivity contribution in [2.24, 2.45) is 0 Å². The number of nitrogens with one attached hydrogen (secondary N) is 8. The maximum absolute atomic E-state index is 5.38. The smallest absolute Gasteiger partial charge is 0.0975 e. The molecule has 0 aromatic heterocycles. The molecule has 1 heterocycles. The lowest BCUT2D eigenvalue weighted by molar-refractivity contribution is 0.0149. The summed E-state index contributed by atoms with van der Waals surface area (Å²) in [5, 5.41) is 25.0. The van der Waals surface area contributed by atoms with E-state index in [1.165, 1.54) is 6.42 Å². The summed E-state index contributed by atoms with van der Waals surface area (Å²) in [6.45, 7) is 15.4. The highest BCUT2D eigenvalue weighted by Crippen LogP contribution is 1.98. The van der Waals surface area contributed by atoms with E-state index in [0.717, 1.165) is 93.1 Å². The number of unbranched alkanes of at least 4 members (excludes halogenated alkanes) is 1. The number of nitrogens with zero attached hydrogens (tertiary/aromatic N) is 7. The van der Waals surface area contributed by atoms with E-state index in [1.807, 2.05) is 28.2 Å². The van der Waals surface area contributed by atoms with Gasteiger partial charge < -0.3 is 30.7 Å². The van der Waals surface area contributed by atoms with Gasteiger partial charge in [0.15, 0.2) is 0 Å². The standard InChI is InChI=1S/C10H26N4O.C8H22N4O.C6H18N4.C6H15N3.6CH4/c1-4-5-6-15-10-13-9-14(3)8-12-7-11-2;1-9-5-11(2)8-12(3)6-10-7-13-4;1-7-4-9-6-10(3)5-8-2;1-7-4-8(2)6-9(3)5-7;;;;;;/h11-13H,4-10H2,1-3H3;9-10H,5-8H2,1-4H3;7-9H,4-6H2,1-3H3;4-6H2,1-3H3;6*1H4. The van der Waals surface area contributed by atoms with Crippen molar-refractivity contribution in [2.75, 3.05) is 185 Å². The molecule has 17 heteroatoms. The Hall–Kier alpha value is -0.680. The van der Waals surface area contributed by atoms with E-state index in [0.29, 0.717) is 13.5 Å². The molecule has 0 radical (unpaired) electrons. The van der Waals surface area contributed by atoms with Gasteiger partial charge in [0.05, 0.1) is 53.5 Å². The maximum atomic E-state index is 5.38. The van der Waals surface area contributed by atoms with Crippen LogP contribution in [0.2, 0.25) is 0 Å². The van der Waals surface area contributed by atoms with Crippen LogP contribution in [0.1, 0.15) is 64.3 Å². The minimum Gasteiger partial charge on any atom is -0.370 e. The summed E-state index contributed by atoms with van der Waals surface area (Å²) in [6.07, 6.45) is 2.33. The number of ether oxygens (including phenoxy) is 2. The van der Waals surface area contributed by atoms with Crippen LogP contribution in [-0.4, -0.2) is 219 Å². The monoisotopic (exact) mass is 780 g/mol. The predicted octanol–water partition coefficient (Wildman–Crippen LogP) is 1.40. The van der Waals surface area contributed by atoms with E-state index in [2.05, 4.69) is 133 Å². The zero-order valence-corrected chi connectivity index (χ0v) is 33.0. The van der Waals surface area contributed by atoms with Gasteiger partial charge in [-0.2, -0.15) is 0 Å². The first-order chi connectivity index (χ1) is 22.5. The molecular formula is C36H105N15O2. The van der Waals surface area contributed by atoms with E-state index in [4.69, 9.17) is 9.47 Å². The molecule has 0 amide bonds. The maximum Gasteiger partial charge on any atom is 0.0975 e. The summed E-state index contributed by atoms with van der Waals surface area (Å²) in [5.74, 6) is 0. The Balaban J connectivity index is -0.0000000680. The van der Waals surface area contributed by atoms with Crippen molar-refractivity contribution in [3.63, 3.8) is 0 Å². The third-order valence-electron chi connectivity index (χ3n) is 6.01. The highest BCUT2D eigenvalue weighted by molar-refractivity contribution is 4.59. The van der Waals surface area contributed by atoms with E-state index in [9.17, 15) is 0 Å². The van der Waals surface area contributed by atoms with Crippen molar-refractivity contribution in [1.29, 1.82) is 0 Å². The second-order valence-corrected chi connectivity index (χ2v) is 12.1. The molecule has 0 saturated carbocycles. The van der Waals surface area contributed by atoms with E-state index in [1.54, 1.807) is 7.11 Å². The summed E-state index contributed by atoms with van der Waals surface area (Å²) >= 11 is 0. The van der Waals surface area contributed by atoms with Gasteiger partial charge in [0.2, 0.25) is 0 Å². The molecule has 0 aliphatic carbocycles. The topological polar surface area (TPSA) is 137 Å². The fourth-order valence-corrected chi connectivity index (χ4v) is 4.24. The van der Waals surface area contributed by atoms with Crippen LogP contribution < -0.4 is 42.5 Å². The fourth-order valence-electron chi connectivity index (χ4n) is 4.24. The summed E-state index contributed by atoms with van der Waals surface area (Å²) in [7, 11) is 24.1. The van der Waals surface area contributed by atoms with Gasteiger partial charge in [-0.25, -0.2) is 0 Å². The highest BCUT2D eigenvalue weighted by Gasteiger charge is 2.13. The summed E-state index contributed by atoms with van der Waals surface area (Å²) in [5.41, 5.74) is 0. The Morgan fingerprint density at radius 3 is 1.26 bits per heavy atom. The van der Waals surface area contributed by atoms with Gasteiger partial charge in [0.25, 0.3) is 0 Å². The minimum atomic E-state index is 0. The molecule has 0 unspecified atom stereocenters. The molecule has 1 aliphatic rings. The largest absolute Gasteiger partial charge is 0.370 e. The van der Waals surface area contributed by atoms with Gasteiger partial charge in [-0.15, -0.1) is 0 Å². The zero-order chi connectivity index (χ0) is 36.1. The number of methoxy groups -OCH3 is 1. The van der Waals surface area contributed by atoms with Crippen molar-refractivity contribution < 1.29 is 9.47 Å². The minimum absolute atomic E-state index is 0. The molecule has 1 aliphatic heterocycles. The van der Waals surface area contributed by atoms with Gasteiger partial charge in [-0.05, 0) is 83.9 Å². The first-order valence-electron chi connectivity index (χ1n) is 16.8. The number of hydrogen-bond donors (Lipinski definition) is 8. The van der Waals surface area contributed by atoms with Crippen LogP contribution in [0, 0.1) is 0 Å². The SMILES string of the molecule is C.C.C.C.C.C.CCCCOCNCN(C)CNCNC.CN1CN(C)CN(C)C1.CNCN(C)CN(C)CNCOC.CNCNCN(C)CNC. The summed E-state index contributed by atoms with van der Waals surface area (Å²) in [6, 6.07) is 0. The average Bonchev–Trinajstić information content (AvgIpc) is 3.00. The molecule has 336 valence electrons. The molecule has 53 heavy (non-hydrogen) atoms. The lowest BCUT2D eigenvalue weighted by atomic mass is 10.4. The van der Waals surface area contributed by atoms with Gasteiger partial charge in [-0.3, -0.25) is 55.6 Å². The Labute approximate surface area is 335 Å². The molecule has 0 atom stereocenters. The normalized spacial score (nSPS) is 12.6.